The predicted octanol–water partition coefficient (Wildman–Crippen LogP) is 4.02. The Morgan fingerprint density at radius 2 is 1.79 bits per heavy atom. The smallest absolute Gasteiger partial charge is 0.321 e. The number of benzene rings is 3. The molecule has 11 nitrogen and oxygen atoms in total. The highest BCUT2D eigenvalue weighted by atomic mass is 32.2. The van der Waals surface area contributed by atoms with E-state index in [0.29, 0.717) is 11.4 Å². The fourth-order valence-electron chi connectivity index (χ4n) is 4.58. The number of ether oxygens (including phenoxy) is 2. The van der Waals surface area contributed by atoms with Gasteiger partial charge >= 0.3 is 6.03 Å². The molecule has 0 spiro atoms. The molecule has 0 fully saturated rings. The number of nitrogens with zero attached hydrogens (tertiary/aromatic N) is 2. The number of carbonyl (C=O) groups is 2. The van der Waals surface area contributed by atoms with Crippen molar-refractivity contribution in [1.29, 1.82) is 0 Å². The zero-order valence-corrected chi connectivity index (χ0v) is 25.1. The molecule has 4 rings (SSSR count). The largest absolute Gasteiger partial charge is 0.497 e. The first-order chi connectivity index (χ1) is 20.4. The summed E-state index contributed by atoms with van der Waals surface area (Å²) in [6, 6.07) is 14.7. The van der Waals surface area contributed by atoms with Crippen LogP contribution in [0.15, 0.2) is 71.6 Å². The molecule has 3 atom stereocenters. The standard InChI is InChI=1S/C30H35FN4O7S/c1-19-16-35(20(2)18-36)29(37)26-15-23(33-43(39,40)25-12-10-24(41-4)11-13-25)9-14-27(26)42-28(19)17-34(3)30(38)32-22-7-5-21(31)6-8-22/h5-15,19-20,28,33,36H,16-18H2,1-4H3,(H,32,38)/t19-,20+,28+/m1/s1. The summed E-state index contributed by atoms with van der Waals surface area (Å²) in [5, 5.41) is 12.6. The van der Waals surface area contributed by atoms with E-state index in [2.05, 4.69) is 10.0 Å². The van der Waals surface area contributed by atoms with Gasteiger partial charge in [-0.2, -0.15) is 0 Å². The second-order valence-corrected chi connectivity index (χ2v) is 12.1. The van der Waals surface area contributed by atoms with E-state index in [9.17, 15) is 27.5 Å². The summed E-state index contributed by atoms with van der Waals surface area (Å²) in [7, 11) is -0.923. The van der Waals surface area contributed by atoms with E-state index in [4.69, 9.17) is 9.47 Å². The first-order valence-electron chi connectivity index (χ1n) is 13.6. The fourth-order valence-corrected chi connectivity index (χ4v) is 5.63. The lowest BCUT2D eigenvalue weighted by Gasteiger charge is -2.38. The average Bonchev–Trinajstić information content (AvgIpc) is 2.99. The number of halogens is 1. The molecule has 0 bridgehead atoms. The van der Waals surface area contributed by atoms with E-state index in [1.807, 2.05) is 6.92 Å². The maximum Gasteiger partial charge on any atom is 0.321 e. The number of hydrogen-bond acceptors (Lipinski definition) is 7. The molecular formula is C30H35FN4O7S. The number of fused-ring (bicyclic) bond motifs is 1. The second-order valence-electron chi connectivity index (χ2n) is 10.4. The van der Waals surface area contributed by atoms with Crippen LogP contribution in [-0.4, -0.2) is 81.3 Å². The zero-order valence-electron chi connectivity index (χ0n) is 24.3. The molecule has 13 heteroatoms. The van der Waals surface area contributed by atoms with Crippen molar-refractivity contribution in [2.24, 2.45) is 5.92 Å². The summed E-state index contributed by atoms with van der Waals surface area (Å²) >= 11 is 0. The summed E-state index contributed by atoms with van der Waals surface area (Å²) in [5.74, 6) is -0.412. The van der Waals surface area contributed by atoms with Crippen molar-refractivity contribution in [1.82, 2.24) is 9.80 Å². The van der Waals surface area contributed by atoms with Gasteiger partial charge in [0, 0.05) is 30.9 Å². The molecule has 0 radical (unpaired) electrons. The minimum Gasteiger partial charge on any atom is -0.497 e. The van der Waals surface area contributed by atoms with Crippen LogP contribution in [0.3, 0.4) is 0 Å². The quantitative estimate of drug-likeness (QED) is 0.331. The number of aliphatic hydroxyl groups excluding tert-OH is 1. The third kappa shape index (κ3) is 7.54. The number of likely N-dealkylation sites (N-methyl/N-ethyl adjacent to an activating group) is 1. The number of methoxy groups -OCH3 is 1. The average molecular weight is 615 g/mol. The van der Waals surface area contributed by atoms with Crippen LogP contribution in [0.4, 0.5) is 20.6 Å². The predicted molar refractivity (Wildman–Crippen MR) is 159 cm³/mol. The first kappa shape index (κ1) is 31.6. The maximum atomic E-state index is 13.7. The number of hydrogen-bond donors (Lipinski definition) is 3. The van der Waals surface area contributed by atoms with E-state index in [-0.39, 0.29) is 47.5 Å². The van der Waals surface area contributed by atoms with Gasteiger partial charge in [0.05, 0.1) is 36.8 Å². The zero-order chi connectivity index (χ0) is 31.3. The van der Waals surface area contributed by atoms with Gasteiger partial charge < -0.3 is 29.7 Å². The van der Waals surface area contributed by atoms with Crippen molar-refractivity contribution in [3.8, 4) is 11.5 Å². The van der Waals surface area contributed by atoms with Gasteiger partial charge in [0.15, 0.2) is 0 Å². The van der Waals surface area contributed by atoms with Gasteiger partial charge in [-0.1, -0.05) is 6.92 Å². The molecule has 0 saturated heterocycles. The van der Waals surface area contributed by atoms with Gasteiger partial charge in [-0.05, 0) is 73.7 Å². The van der Waals surface area contributed by atoms with E-state index >= 15 is 0 Å². The van der Waals surface area contributed by atoms with Gasteiger partial charge in [-0.25, -0.2) is 17.6 Å². The Bertz CT molecular complexity index is 1550. The van der Waals surface area contributed by atoms with Crippen LogP contribution in [0, 0.1) is 11.7 Å². The van der Waals surface area contributed by atoms with Gasteiger partial charge in [0.2, 0.25) is 0 Å². The minimum atomic E-state index is -3.99. The summed E-state index contributed by atoms with van der Waals surface area (Å²) in [6.07, 6.45) is -0.578. The lowest BCUT2D eigenvalue weighted by atomic mass is 9.99. The molecule has 0 unspecified atom stereocenters. The van der Waals surface area contributed by atoms with Crippen LogP contribution in [0.5, 0.6) is 11.5 Å². The first-order valence-corrected chi connectivity index (χ1v) is 15.1. The Balaban J connectivity index is 1.60. The molecule has 3 aromatic rings. The van der Waals surface area contributed by atoms with Crippen LogP contribution < -0.4 is 19.5 Å². The molecule has 0 saturated carbocycles. The lowest BCUT2D eigenvalue weighted by Crippen LogP contribution is -2.50. The highest BCUT2D eigenvalue weighted by Gasteiger charge is 2.34. The molecule has 1 aliphatic rings. The number of sulfonamides is 1. The third-order valence-electron chi connectivity index (χ3n) is 7.18. The van der Waals surface area contributed by atoms with Crippen LogP contribution in [-0.2, 0) is 10.0 Å². The summed E-state index contributed by atoms with van der Waals surface area (Å²) in [6.45, 7) is 3.64. The molecule has 0 aliphatic carbocycles. The van der Waals surface area contributed by atoms with Crippen LogP contribution >= 0.6 is 0 Å². The Morgan fingerprint density at radius 3 is 2.42 bits per heavy atom. The van der Waals surface area contributed by atoms with Crippen LogP contribution in [0.2, 0.25) is 0 Å². The normalized spacial score (nSPS) is 17.5. The molecule has 3 amide bonds. The van der Waals surface area contributed by atoms with E-state index in [0.717, 1.165) is 0 Å². The van der Waals surface area contributed by atoms with Crippen molar-refractivity contribution >= 4 is 33.3 Å². The van der Waals surface area contributed by atoms with Gasteiger partial charge in [0.25, 0.3) is 15.9 Å². The number of carbonyl (C=O) groups excluding carboxylic acids is 2. The monoisotopic (exact) mass is 614 g/mol. The number of urea groups is 1. The topological polar surface area (TPSA) is 138 Å². The van der Waals surface area contributed by atoms with E-state index in [1.54, 1.807) is 14.0 Å². The Morgan fingerprint density at radius 1 is 1.14 bits per heavy atom. The fraction of sp³-hybridized carbons (Fsp3) is 0.333. The SMILES string of the molecule is COc1ccc(S(=O)(=O)Nc2ccc3c(c2)C(=O)N([C@@H](C)CO)C[C@@H](C)[C@H](CN(C)C(=O)Nc2ccc(F)cc2)O3)cc1. The van der Waals surface area contributed by atoms with Gasteiger partial charge in [-0.15, -0.1) is 0 Å². The summed E-state index contributed by atoms with van der Waals surface area (Å²) < 4.78 is 53.2. The van der Waals surface area contributed by atoms with Crippen molar-refractivity contribution in [2.45, 2.75) is 30.9 Å². The molecule has 1 heterocycles. The van der Waals surface area contributed by atoms with Crippen LogP contribution in [0.25, 0.3) is 0 Å². The Labute approximate surface area is 250 Å². The highest BCUT2D eigenvalue weighted by Crippen LogP contribution is 2.31. The highest BCUT2D eigenvalue weighted by molar-refractivity contribution is 7.92. The summed E-state index contributed by atoms with van der Waals surface area (Å²) in [4.78, 5) is 29.5. The molecule has 0 aromatic heterocycles. The maximum absolute atomic E-state index is 13.7. The molecule has 3 aromatic carbocycles. The van der Waals surface area contributed by atoms with E-state index in [1.165, 1.54) is 83.6 Å². The number of amides is 3. The third-order valence-corrected chi connectivity index (χ3v) is 8.58. The summed E-state index contributed by atoms with van der Waals surface area (Å²) in [5.41, 5.74) is 0.669. The second kappa shape index (κ2) is 13.3. The molecule has 3 N–H and O–H groups in total. The molecular weight excluding hydrogens is 579 g/mol. The van der Waals surface area contributed by atoms with Crippen LogP contribution in [0.1, 0.15) is 24.2 Å². The number of rotatable bonds is 9. The van der Waals surface area contributed by atoms with Gasteiger partial charge in [0.1, 0.15) is 23.4 Å². The molecule has 230 valence electrons. The van der Waals surface area contributed by atoms with Crippen molar-refractivity contribution < 1.29 is 37.0 Å². The van der Waals surface area contributed by atoms with Crippen molar-refractivity contribution in [2.75, 3.05) is 43.9 Å². The number of anilines is 2. The van der Waals surface area contributed by atoms with Gasteiger partial charge in [-0.3, -0.25) is 9.52 Å². The van der Waals surface area contributed by atoms with Crippen molar-refractivity contribution in [3.05, 3.63) is 78.1 Å². The Hall–Kier alpha value is -4.36. The van der Waals surface area contributed by atoms with E-state index < -0.39 is 39.9 Å². The number of aliphatic hydroxyl groups is 1. The molecule has 1 aliphatic heterocycles. The Kier molecular flexibility index (Phi) is 9.77. The lowest BCUT2D eigenvalue weighted by molar-refractivity contribution is 0.0371. The van der Waals surface area contributed by atoms with Crippen molar-refractivity contribution in [3.63, 3.8) is 0 Å². The molecule has 43 heavy (non-hydrogen) atoms. The number of nitrogens with one attached hydrogen (secondary N) is 2. The minimum absolute atomic E-state index is 0.00832.